The van der Waals surface area contributed by atoms with Crippen molar-refractivity contribution in [2.24, 2.45) is 0 Å². The lowest BCUT2D eigenvalue weighted by molar-refractivity contribution is -0.147. The molecule has 0 atom stereocenters. The van der Waals surface area contributed by atoms with Crippen LogP contribution in [0, 0.1) is 32.1 Å². The van der Waals surface area contributed by atoms with Gasteiger partial charge in [0.1, 0.15) is 11.6 Å². The van der Waals surface area contributed by atoms with E-state index in [1.807, 2.05) is 25.1 Å². The van der Waals surface area contributed by atoms with Crippen molar-refractivity contribution in [3.8, 4) is 6.07 Å². The number of esters is 1. The number of aromatic nitrogens is 1. The molecule has 7 heteroatoms. The van der Waals surface area contributed by atoms with Gasteiger partial charge in [-0.25, -0.2) is 0 Å². The summed E-state index contributed by atoms with van der Waals surface area (Å²) in [7, 11) is 0. The van der Waals surface area contributed by atoms with Crippen LogP contribution in [0.3, 0.4) is 0 Å². The largest absolute Gasteiger partial charge is 0.456 e. The summed E-state index contributed by atoms with van der Waals surface area (Å²) in [4.78, 5) is 38.2. The van der Waals surface area contributed by atoms with Crippen LogP contribution in [0.1, 0.15) is 34.4 Å². The minimum absolute atomic E-state index is 0.0379. The molecule has 0 aliphatic rings. The van der Waals surface area contributed by atoms with Crippen LogP contribution in [0.5, 0.6) is 0 Å². The number of rotatable bonds is 6. The second-order valence-corrected chi connectivity index (χ2v) is 6.19. The lowest BCUT2D eigenvalue weighted by Crippen LogP contribution is -2.22. The molecule has 2 aromatic rings. The molecule has 0 saturated heterocycles. The van der Waals surface area contributed by atoms with Gasteiger partial charge in [0.05, 0.1) is 0 Å². The van der Waals surface area contributed by atoms with Crippen molar-refractivity contribution in [3.05, 3.63) is 62.6 Å². The maximum Gasteiger partial charge on any atom is 0.306 e. The number of H-pyrrole nitrogens is 1. The Morgan fingerprint density at radius 3 is 2.59 bits per heavy atom. The van der Waals surface area contributed by atoms with Gasteiger partial charge in [-0.1, -0.05) is 18.2 Å². The quantitative estimate of drug-likeness (QED) is 0.761. The number of hydrogen-bond acceptors (Lipinski definition) is 5. The number of nitrogens with one attached hydrogen (secondary N) is 2. The highest BCUT2D eigenvalue weighted by Crippen LogP contribution is 2.15. The molecule has 0 aliphatic heterocycles. The van der Waals surface area contributed by atoms with Crippen molar-refractivity contribution in [2.45, 2.75) is 33.6 Å². The van der Waals surface area contributed by atoms with E-state index in [-0.39, 0.29) is 18.6 Å². The fourth-order valence-electron chi connectivity index (χ4n) is 2.77. The molecule has 2 N–H and O–H groups in total. The second kappa shape index (κ2) is 8.81. The standard InChI is InChI=1S/C20H21N3O4/c1-12-6-4-5-7-17(12)23-18(24)11-27-19(25)9-8-15-13(2)16(10-21)20(26)22-14(15)3/h4-7H,8-9,11H2,1-3H3,(H,22,26)(H,23,24). The third kappa shape index (κ3) is 5.05. The van der Waals surface area contributed by atoms with Crippen molar-refractivity contribution < 1.29 is 14.3 Å². The van der Waals surface area contributed by atoms with E-state index < -0.39 is 17.4 Å². The zero-order chi connectivity index (χ0) is 20.0. The summed E-state index contributed by atoms with van der Waals surface area (Å²) in [5.41, 5.74) is 3.09. The number of aryl methyl sites for hydroxylation is 2. The van der Waals surface area contributed by atoms with Gasteiger partial charge < -0.3 is 15.0 Å². The summed E-state index contributed by atoms with van der Waals surface area (Å²) in [6.45, 7) is 4.88. The van der Waals surface area contributed by atoms with Crippen LogP contribution in [-0.2, 0) is 20.7 Å². The van der Waals surface area contributed by atoms with Crippen LogP contribution in [-0.4, -0.2) is 23.5 Å². The Labute approximate surface area is 157 Å². The molecule has 0 aliphatic carbocycles. The highest BCUT2D eigenvalue weighted by Gasteiger charge is 2.14. The minimum atomic E-state index is -0.529. The molecule has 140 valence electrons. The van der Waals surface area contributed by atoms with Gasteiger partial charge in [0.15, 0.2) is 6.61 Å². The Morgan fingerprint density at radius 2 is 1.93 bits per heavy atom. The number of ether oxygens (including phenoxy) is 1. The number of aromatic amines is 1. The Hall–Kier alpha value is -3.40. The van der Waals surface area contributed by atoms with Crippen molar-refractivity contribution in [3.63, 3.8) is 0 Å². The molecule has 1 amide bonds. The predicted octanol–water partition coefficient (Wildman–Crippen LogP) is 2.29. The highest BCUT2D eigenvalue weighted by molar-refractivity contribution is 5.93. The van der Waals surface area contributed by atoms with Crippen molar-refractivity contribution >= 4 is 17.6 Å². The monoisotopic (exact) mass is 367 g/mol. The van der Waals surface area contributed by atoms with E-state index in [0.717, 1.165) is 11.1 Å². The molecule has 7 nitrogen and oxygen atoms in total. The Bertz CT molecular complexity index is 970. The van der Waals surface area contributed by atoms with Gasteiger partial charge in [0, 0.05) is 17.8 Å². The summed E-state index contributed by atoms with van der Waals surface area (Å²) < 4.78 is 5.01. The summed E-state index contributed by atoms with van der Waals surface area (Å²) >= 11 is 0. The van der Waals surface area contributed by atoms with Gasteiger partial charge in [0.25, 0.3) is 11.5 Å². The maximum absolute atomic E-state index is 11.9. The number of carbonyl (C=O) groups is 2. The summed E-state index contributed by atoms with van der Waals surface area (Å²) in [5.74, 6) is -0.945. The van der Waals surface area contributed by atoms with Gasteiger partial charge in [-0.15, -0.1) is 0 Å². The first-order valence-corrected chi connectivity index (χ1v) is 8.47. The Morgan fingerprint density at radius 1 is 1.22 bits per heavy atom. The number of anilines is 1. The SMILES string of the molecule is Cc1ccccc1NC(=O)COC(=O)CCc1c(C)[nH]c(=O)c(C#N)c1C. The second-order valence-electron chi connectivity index (χ2n) is 6.19. The highest BCUT2D eigenvalue weighted by atomic mass is 16.5. The summed E-state index contributed by atoms with van der Waals surface area (Å²) in [5, 5.41) is 11.8. The molecule has 2 rings (SSSR count). The van der Waals surface area contributed by atoms with Gasteiger partial charge in [0.2, 0.25) is 0 Å². The van der Waals surface area contributed by atoms with E-state index in [9.17, 15) is 14.4 Å². The summed E-state index contributed by atoms with van der Waals surface area (Å²) in [6.07, 6.45) is 0.345. The zero-order valence-electron chi connectivity index (χ0n) is 15.5. The maximum atomic E-state index is 11.9. The third-order valence-corrected chi connectivity index (χ3v) is 4.28. The zero-order valence-corrected chi connectivity index (χ0v) is 15.5. The molecule has 1 aromatic heterocycles. The van der Waals surface area contributed by atoms with Crippen LogP contribution in [0.2, 0.25) is 0 Å². The van der Waals surface area contributed by atoms with Crippen molar-refractivity contribution in [1.82, 2.24) is 4.98 Å². The lowest BCUT2D eigenvalue weighted by atomic mass is 9.99. The molecule has 27 heavy (non-hydrogen) atoms. The van der Waals surface area contributed by atoms with Crippen molar-refractivity contribution in [2.75, 3.05) is 11.9 Å². The van der Waals surface area contributed by atoms with Crippen LogP contribution in [0.4, 0.5) is 5.69 Å². The van der Waals surface area contributed by atoms with Gasteiger partial charge in [-0.05, 0) is 49.9 Å². The molecular formula is C20H21N3O4. The topological polar surface area (TPSA) is 112 Å². The van der Waals surface area contributed by atoms with E-state index >= 15 is 0 Å². The van der Waals surface area contributed by atoms with E-state index in [2.05, 4.69) is 10.3 Å². The van der Waals surface area contributed by atoms with Crippen LogP contribution in [0.15, 0.2) is 29.1 Å². The molecule has 0 fully saturated rings. The van der Waals surface area contributed by atoms with Crippen LogP contribution < -0.4 is 10.9 Å². The fraction of sp³-hybridized carbons (Fsp3) is 0.300. The van der Waals surface area contributed by atoms with E-state index in [4.69, 9.17) is 10.00 Å². The summed E-state index contributed by atoms with van der Waals surface area (Å²) in [6, 6.07) is 9.18. The number of amides is 1. The molecule has 1 heterocycles. The fourth-order valence-corrected chi connectivity index (χ4v) is 2.77. The molecule has 0 radical (unpaired) electrons. The van der Waals surface area contributed by atoms with E-state index in [1.165, 1.54) is 0 Å². The third-order valence-electron chi connectivity index (χ3n) is 4.28. The lowest BCUT2D eigenvalue weighted by Gasteiger charge is -2.11. The number of hydrogen-bond donors (Lipinski definition) is 2. The van der Waals surface area contributed by atoms with Gasteiger partial charge in [-0.3, -0.25) is 14.4 Å². The smallest absolute Gasteiger partial charge is 0.306 e. The normalized spacial score (nSPS) is 10.1. The molecule has 0 saturated carbocycles. The number of para-hydroxylation sites is 1. The molecule has 0 unspecified atom stereocenters. The first-order chi connectivity index (χ1) is 12.8. The first-order valence-electron chi connectivity index (χ1n) is 8.47. The predicted molar refractivity (Wildman–Crippen MR) is 100 cm³/mol. The van der Waals surface area contributed by atoms with Crippen LogP contribution in [0.25, 0.3) is 0 Å². The first kappa shape index (κ1) is 19.9. The van der Waals surface area contributed by atoms with Crippen molar-refractivity contribution in [1.29, 1.82) is 5.26 Å². The van der Waals surface area contributed by atoms with Crippen LogP contribution >= 0.6 is 0 Å². The molecule has 0 bridgehead atoms. The minimum Gasteiger partial charge on any atom is -0.456 e. The number of nitriles is 1. The molecular weight excluding hydrogens is 346 g/mol. The molecule has 0 spiro atoms. The van der Waals surface area contributed by atoms with Gasteiger partial charge in [-0.2, -0.15) is 5.26 Å². The molecule has 1 aromatic carbocycles. The Kier molecular flexibility index (Phi) is 6.50. The average molecular weight is 367 g/mol. The average Bonchev–Trinajstić information content (AvgIpc) is 2.62. The van der Waals surface area contributed by atoms with E-state index in [1.54, 1.807) is 26.0 Å². The Balaban J connectivity index is 1.90. The number of pyridine rings is 1. The number of benzene rings is 1. The number of nitrogens with zero attached hydrogens (tertiary/aromatic N) is 1. The van der Waals surface area contributed by atoms with Gasteiger partial charge >= 0.3 is 5.97 Å². The van der Waals surface area contributed by atoms with E-state index in [0.29, 0.717) is 23.4 Å². The number of carbonyl (C=O) groups excluding carboxylic acids is 2.